The molecular formula is C19H22N2O3. The van der Waals surface area contributed by atoms with Gasteiger partial charge in [0, 0.05) is 19.0 Å². The fourth-order valence-corrected chi connectivity index (χ4v) is 2.80. The van der Waals surface area contributed by atoms with E-state index in [1.54, 1.807) is 6.20 Å². The van der Waals surface area contributed by atoms with E-state index in [4.69, 9.17) is 9.47 Å². The Morgan fingerprint density at radius 1 is 1.33 bits per heavy atom. The zero-order valence-corrected chi connectivity index (χ0v) is 13.9. The summed E-state index contributed by atoms with van der Waals surface area (Å²) >= 11 is 0. The molecule has 1 aromatic carbocycles. The van der Waals surface area contributed by atoms with E-state index in [9.17, 15) is 4.79 Å². The maximum atomic E-state index is 10.9. The topological polar surface area (TPSA) is 51.7 Å². The molecule has 1 aliphatic rings. The average molecular weight is 326 g/mol. The van der Waals surface area contributed by atoms with Gasteiger partial charge in [0.2, 0.25) is 0 Å². The first-order valence-electron chi connectivity index (χ1n) is 8.17. The van der Waals surface area contributed by atoms with E-state index in [-0.39, 0.29) is 6.04 Å². The van der Waals surface area contributed by atoms with Crippen molar-refractivity contribution in [1.82, 2.24) is 4.98 Å². The van der Waals surface area contributed by atoms with Crippen LogP contribution in [-0.4, -0.2) is 37.1 Å². The lowest BCUT2D eigenvalue weighted by molar-refractivity contribution is -0.108. The minimum Gasteiger partial charge on any atom is -0.487 e. The van der Waals surface area contributed by atoms with E-state index in [0.717, 1.165) is 29.8 Å². The van der Waals surface area contributed by atoms with Crippen molar-refractivity contribution in [2.75, 3.05) is 24.7 Å². The molecule has 2 aromatic rings. The van der Waals surface area contributed by atoms with E-state index in [2.05, 4.69) is 41.1 Å². The van der Waals surface area contributed by atoms with Crippen LogP contribution >= 0.6 is 0 Å². The summed E-state index contributed by atoms with van der Waals surface area (Å²) in [5, 5.41) is 0. The molecule has 0 N–H and O–H groups in total. The summed E-state index contributed by atoms with van der Waals surface area (Å²) in [5.41, 5.74) is 3.32. The SMILES string of the molecule is Cc1ccc(COc2cncc(N3CCOCC3CC=O)c2)cc1. The largest absolute Gasteiger partial charge is 0.487 e. The van der Waals surface area contributed by atoms with Crippen molar-refractivity contribution in [3.05, 3.63) is 53.9 Å². The van der Waals surface area contributed by atoms with Crippen LogP contribution in [0.5, 0.6) is 5.75 Å². The number of rotatable bonds is 6. The van der Waals surface area contributed by atoms with Crippen molar-refractivity contribution in [3.63, 3.8) is 0 Å². The minimum absolute atomic E-state index is 0.0606. The van der Waals surface area contributed by atoms with Gasteiger partial charge in [-0.15, -0.1) is 0 Å². The van der Waals surface area contributed by atoms with Gasteiger partial charge < -0.3 is 19.2 Å². The van der Waals surface area contributed by atoms with Crippen LogP contribution in [0, 0.1) is 6.92 Å². The van der Waals surface area contributed by atoms with Crippen LogP contribution < -0.4 is 9.64 Å². The number of hydrogen-bond donors (Lipinski definition) is 0. The molecule has 1 aromatic heterocycles. The number of aryl methyl sites for hydroxylation is 1. The number of anilines is 1. The fourth-order valence-electron chi connectivity index (χ4n) is 2.80. The number of aromatic nitrogens is 1. The summed E-state index contributed by atoms with van der Waals surface area (Å²) in [6, 6.07) is 10.3. The van der Waals surface area contributed by atoms with Gasteiger partial charge in [-0.1, -0.05) is 29.8 Å². The molecule has 2 heterocycles. The second-order valence-electron chi connectivity index (χ2n) is 5.98. The van der Waals surface area contributed by atoms with Crippen LogP contribution in [0.4, 0.5) is 5.69 Å². The third-order valence-electron chi connectivity index (χ3n) is 4.15. The Balaban J connectivity index is 1.68. The van der Waals surface area contributed by atoms with E-state index in [1.807, 2.05) is 12.3 Å². The number of aldehydes is 1. The van der Waals surface area contributed by atoms with Gasteiger partial charge >= 0.3 is 0 Å². The number of benzene rings is 1. The van der Waals surface area contributed by atoms with Gasteiger partial charge in [0.05, 0.1) is 37.3 Å². The molecule has 1 atom stereocenters. The molecule has 126 valence electrons. The third-order valence-corrected chi connectivity index (χ3v) is 4.15. The Hall–Kier alpha value is -2.40. The molecule has 3 rings (SSSR count). The highest BCUT2D eigenvalue weighted by molar-refractivity contribution is 5.55. The zero-order chi connectivity index (χ0) is 16.8. The Kier molecular flexibility index (Phi) is 5.43. The van der Waals surface area contributed by atoms with Crippen LogP contribution in [0.2, 0.25) is 0 Å². The molecule has 1 saturated heterocycles. The van der Waals surface area contributed by atoms with Crippen molar-refractivity contribution in [1.29, 1.82) is 0 Å². The van der Waals surface area contributed by atoms with Crippen molar-refractivity contribution < 1.29 is 14.3 Å². The number of carbonyl (C=O) groups excluding carboxylic acids is 1. The van der Waals surface area contributed by atoms with Gasteiger partial charge in [0.15, 0.2) is 0 Å². The highest BCUT2D eigenvalue weighted by Gasteiger charge is 2.23. The second-order valence-corrected chi connectivity index (χ2v) is 5.98. The van der Waals surface area contributed by atoms with Crippen molar-refractivity contribution in [2.45, 2.75) is 26.0 Å². The summed E-state index contributed by atoms with van der Waals surface area (Å²) in [5.74, 6) is 0.726. The summed E-state index contributed by atoms with van der Waals surface area (Å²) in [4.78, 5) is 17.3. The molecule has 1 unspecified atom stereocenters. The van der Waals surface area contributed by atoms with E-state index in [1.165, 1.54) is 5.56 Å². The molecule has 1 aliphatic heterocycles. The molecule has 0 spiro atoms. The van der Waals surface area contributed by atoms with Crippen LogP contribution in [0.25, 0.3) is 0 Å². The lowest BCUT2D eigenvalue weighted by Crippen LogP contribution is -2.45. The van der Waals surface area contributed by atoms with Crippen molar-refractivity contribution >= 4 is 12.0 Å². The number of ether oxygens (including phenoxy) is 2. The van der Waals surface area contributed by atoms with Gasteiger partial charge in [0.25, 0.3) is 0 Å². The average Bonchev–Trinajstić information content (AvgIpc) is 2.62. The lowest BCUT2D eigenvalue weighted by atomic mass is 10.1. The van der Waals surface area contributed by atoms with E-state index >= 15 is 0 Å². The first-order chi connectivity index (χ1) is 11.8. The van der Waals surface area contributed by atoms with Crippen LogP contribution in [0.1, 0.15) is 17.5 Å². The Bertz CT molecular complexity index is 673. The molecule has 0 aliphatic carbocycles. The molecule has 0 bridgehead atoms. The van der Waals surface area contributed by atoms with Gasteiger partial charge in [-0.05, 0) is 12.5 Å². The monoisotopic (exact) mass is 326 g/mol. The first-order valence-corrected chi connectivity index (χ1v) is 8.17. The lowest BCUT2D eigenvalue weighted by Gasteiger charge is -2.36. The smallest absolute Gasteiger partial charge is 0.140 e. The predicted molar refractivity (Wildman–Crippen MR) is 92.4 cm³/mol. The summed E-state index contributed by atoms with van der Waals surface area (Å²) < 4.78 is 11.3. The zero-order valence-electron chi connectivity index (χ0n) is 13.9. The summed E-state index contributed by atoms with van der Waals surface area (Å²) in [6.07, 6.45) is 4.92. The normalized spacial score (nSPS) is 17.5. The van der Waals surface area contributed by atoms with Gasteiger partial charge in [-0.25, -0.2) is 0 Å². The number of morpholine rings is 1. The fraction of sp³-hybridized carbons (Fsp3) is 0.368. The highest BCUT2D eigenvalue weighted by atomic mass is 16.5. The first kappa shape index (κ1) is 16.5. The summed E-state index contributed by atoms with van der Waals surface area (Å²) in [6.45, 7) is 4.54. The number of hydrogen-bond acceptors (Lipinski definition) is 5. The van der Waals surface area contributed by atoms with Crippen LogP contribution in [0.15, 0.2) is 42.7 Å². The predicted octanol–water partition coefficient (Wildman–Crippen LogP) is 2.76. The molecular weight excluding hydrogens is 304 g/mol. The highest BCUT2D eigenvalue weighted by Crippen LogP contribution is 2.24. The third kappa shape index (κ3) is 4.11. The van der Waals surface area contributed by atoms with Crippen molar-refractivity contribution in [2.24, 2.45) is 0 Å². The molecule has 0 amide bonds. The molecule has 5 heteroatoms. The van der Waals surface area contributed by atoms with Crippen molar-refractivity contribution in [3.8, 4) is 5.75 Å². The Morgan fingerprint density at radius 3 is 2.96 bits per heavy atom. The molecule has 1 fully saturated rings. The quantitative estimate of drug-likeness (QED) is 0.764. The van der Waals surface area contributed by atoms with Crippen LogP contribution in [0.3, 0.4) is 0 Å². The molecule has 0 radical (unpaired) electrons. The van der Waals surface area contributed by atoms with E-state index in [0.29, 0.717) is 26.2 Å². The van der Waals surface area contributed by atoms with Crippen LogP contribution in [-0.2, 0) is 16.1 Å². The molecule has 5 nitrogen and oxygen atoms in total. The van der Waals surface area contributed by atoms with E-state index < -0.39 is 0 Å². The Morgan fingerprint density at radius 2 is 2.17 bits per heavy atom. The maximum absolute atomic E-state index is 10.9. The maximum Gasteiger partial charge on any atom is 0.140 e. The van der Waals surface area contributed by atoms with Gasteiger partial charge in [-0.3, -0.25) is 4.98 Å². The minimum atomic E-state index is 0.0606. The second kappa shape index (κ2) is 7.93. The number of nitrogens with zero attached hydrogens (tertiary/aromatic N) is 2. The molecule has 24 heavy (non-hydrogen) atoms. The standard InChI is InChI=1S/C19H22N2O3/c1-15-2-4-16(5-3-15)13-24-19-10-18(11-20-12-19)21-7-9-23-14-17(21)6-8-22/h2-5,8,10-12,17H,6-7,9,13-14H2,1H3. The number of carbonyl (C=O) groups is 1. The van der Waals surface area contributed by atoms with Gasteiger partial charge in [-0.2, -0.15) is 0 Å². The molecule has 0 saturated carbocycles. The van der Waals surface area contributed by atoms with Gasteiger partial charge in [0.1, 0.15) is 18.6 Å². The Labute approximate surface area is 142 Å². The number of pyridine rings is 1. The summed E-state index contributed by atoms with van der Waals surface area (Å²) in [7, 11) is 0.